The van der Waals surface area contributed by atoms with Crippen LogP contribution in [0.15, 0.2) is 48.7 Å². The Kier molecular flexibility index (Phi) is 5.39. The molecule has 2 aromatic rings. The Morgan fingerprint density at radius 1 is 1.10 bits per heavy atom. The van der Waals surface area contributed by atoms with Crippen LogP contribution in [-0.4, -0.2) is 30.1 Å². The van der Waals surface area contributed by atoms with Crippen molar-refractivity contribution in [1.29, 1.82) is 0 Å². The first kappa shape index (κ1) is 14.8. The average molecular weight is 271 g/mol. The van der Waals surface area contributed by atoms with E-state index in [0.29, 0.717) is 6.04 Å². The molecule has 0 saturated carbocycles. The Balaban J connectivity index is 1.94. The first-order valence-electron chi connectivity index (χ1n) is 7.28. The number of aromatic nitrogens is 1. The van der Waals surface area contributed by atoms with Gasteiger partial charge < -0.3 is 14.8 Å². The minimum atomic E-state index is 0.404. The summed E-state index contributed by atoms with van der Waals surface area (Å²) in [5.74, 6) is 0. The molecule has 1 unspecified atom stereocenters. The molecule has 3 heteroatoms. The molecule has 108 valence electrons. The van der Waals surface area contributed by atoms with Gasteiger partial charge in [0.25, 0.3) is 0 Å². The van der Waals surface area contributed by atoms with Crippen molar-refractivity contribution in [2.45, 2.75) is 26.1 Å². The van der Waals surface area contributed by atoms with Crippen molar-refractivity contribution in [2.24, 2.45) is 0 Å². The number of nitrogens with one attached hydrogen (secondary N) is 1. The van der Waals surface area contributed by atoms with Gasteiger partial charge in [0.15, 0.2) is 0 Å². The van der Waals surface area contributed by atoms with Crippen LogP contribution in [-0.2, 0) is 13.1 Å². The van der Waals surface area contributed by atoms with Crippen LogP contribution in [0, 0.1) is 0 Å². The number of aryl methyl sites for hydroxylation is 1. The summed E-state index contributed by atoms with van der Waals surface area (Å²) in [5, 5.41) is 3.58. The molecule has 0 bridgehead atoms. The van der Waals surface area contributed by atoms with E-state index in [9.17, 15) is 0 Å². The zero-order chi connectivity index (χ0) is 14.4. The fraction of sp³-hybridized carbons (Fsp3) is 0.412. The van der Waals surface area contributed by atoms with Gasteiger partial charge in [0.1, 0.15) is 0 Å². The lowest BCUT2D eigenvalue weighted by Gasteiger charge is -2.25. The van der Waals surface area contributed by atoms with E-state index in [0.717, 1.165) is 19.6 Å². The first-order valence-corrected chi connectivity index (χ1v) is 7.28. The predicted octanol–water partition coefficient (Wildman–Crippen LogP) is 2.90. The molecular weight excluding hydrogens is 246 g/mol. The van der Waals surface area contributed by atoms with E-state index in [1.165, 1.54) is 11.3 Å². The fourth-order valence-corrected chi connectivity index (χ4v) is 2.53. The summed E-state index contributed by atoms with van der Waals surface area (Å²) in [7, 11) is 4.27. The number of rotatable bonds is 7. The Bertz CT molecular complexity index is 502. The second kappa shape index (κ2) is 7.27. The van der Waals surface area contributed by atoms with Crippen molar-refractivity contribution in [3.8, 4) is 0 Å². The molecule has 0 aliphatic heterocycles. The third-order valence-corrected chi connectivity index (χ3v) is 3.72. The van der Waals surface area contributed by atoms with Crippen LogP contribution in [0.1, 0.15) is 24.2 Å². The summed E-state index contributed by atoms with van der Waals surface area (Å²) in [5.41, 5.74) is 2.70. The molecule has 1 aromatic carbocycles. The van der Waals surface area contributed by atoms with E-state index < -0.39 is 0 Å². The lowest BCUT2D eigenvalue weighted by atomic mass is 10.1. The highest BCUT2D eigenvalue weighted by atomic mass is 15.1. The molecule has 0 amide bonds. The highest BCUT2D eigenvalue weighted by Crippen LogP contribution is 2.16. The van der Waals surface area contributed by atoms with E-state index in [4.69, 9.17) is 0 Å². The molecule has 0 fully saturated rings. The maximum Gasteiger partial charge on any atom is 0.0466 e. The first-order chi connectivity index (χ1) is 9.72. The maximum absolute atomic E-state index is 3.58. The molecule has 1 heterocycles. The van der Waals surface area contributed by atoms with Gasteiger partial charge in [-0.3, -0.25) is 0 Å². The zero-order valence-electron chi connectivity index (χ0n) is 12.7. The molecule has 1 N–H and O–H groups in total. The highest BCUT2D eigenvalue weighted by Gasteiger charge is 2.13. The number of likely N-dealkylation sites (N-methyl/N-ethyl adjacent to an activating group) is 1. The summed E-state index contributed by atoms with van der Waals surface area (Å²) >= 11 is 0. The molecular formula is C17H25N3. The molecule has 1 aromatic heterocycles. The van der Waals surface area contributed by atoms with Crippen molar-refractivity contribution < 1.29 is 0 Å². The maximum atomic E-state index is 3.58. The van der Waals surface area contributed by atoms with Crippen LogP contribution >= 0.6 is 0 Å². The van der Waals surface area contributed by atoms with Gasteiger partial charge in [-0.05, 0) is 38.7 Å². The van der Waals surface area contributed by atoms with Gasteiger partial charge in [-0.25, -0.2) is 0 Å². The Morgan fingerprint density at radius 3 is 2.50 bits per heavy atom. The third kappa shape index (κ3) is 3.71. The monoisotopic (exact) mass is 271 g/mol. The topological polar surface area (TPSA) is 20.2 Å². The minimum Gasteiger partial charge on any atom is -0.351 e. The largest absolute Gasteiger partial charge is 0.351 e. The van der Waals surface area contributed by atoms with Crippen LogP contribution in [0.25, 0.3) is 0 Å². The van der Waals surface area contributed by atoms with E-state index >= 15 is 0 Å². The van der Waals surface area contributed by atoms with Crippen molar-refractivity contribution >= 4 is 0 Å². The fourth-order valence-electron chi connectivity index (χ4n) is 2.53. The van der Waals surface area contributed by atoms with Crippen molar-refractivity contribution in [1.82, 2.24) is 14.8 Å². The number of hydrogen-bond acceptors (Lipinski definition) is 2. The quantitative estimate of drug-likeness (QED) is 0.835. The van der Waals surface area contributed by atoms with E-state index in [2.05, 4.69) is 84.5 Å². The minimum absolute atomic E-state index is 0.404. The Labute approximate surface area is 122 Å². The van der Waals surface area contributed by atoms with Crippen LogP contribution in [0.2, 0.25) is 0 Å². The average Bonchev–Trinajstić information content (AvgIpc) is 2.91. The lowest BCUT2D eigenvalue weighted by molar-refractivity contribution is 0.287. The third-order valence-electron chi connectivity index (χ3n) is 3.72. The van der Waals surface area contributed by atoms with E-state index in [-0.39, 0.29) is 0 Å². The van der Waals surface area contributed by atoms with Crippen LogP contribution in [0.5, 0.6) is 0 Å². The summed E-state index contributed by atoms with van der Waals surface area (Å²) in [6.07, 6.45) is 2.14. The van der Waals surface area contributed by atoms with Crippen molar-refractivity contribution in [3.05, 3.63) is 59.9 Å². The molecule has 0 aliphatic carbocycles. The van der Waals surface area contributed by atoms with E-state index in [1.54, 1.807) is 0 Å². The summed E-state index contributed by atoms with van der Waals surface area (Å²) in [4.78, 5) is 2.27. The molecule has 0 aliphatic rings. The SMILES string of the molecule is CCn1cccc1CNCC(c1ccccc1)N(C)C. The van der Waals surface area contributed by atoms with Crippen molar-refractivity contribution in [3.63, 3.8) is 0 Å². The van der Waals surface area contributed by atoms with Crippen LogP contribution in [0.4, 0.5) is 0 Å². The molecule has 3 nitrogen and oxygen atoms in total. The van der Waals surface area contributed by atoms with Gasteiger partial charge in [0.2, 0.25) is 0 Å². The number of nitrogens with zero attached hydrogens (tertiary/aromatic N) is 2. The van der Waals surface area contributed by atoms with E-state index in [1.807, 2.05) is 0 Å². The summed E-state index contributed by atoms with van der Waals surface area (Å²) in [6.45, 7) is 5.07. The second-order valence-electron chi connectivity index (χ2n) is 5.31. The molecule has 0 spiro atoms. The standard InChI is InChI=1S/C17H25N3/c1-4-20-12-8-11-16(20)13-18-14-17(19(2)3)15-9-6-5-7-10-15/h5-12,17-18H,4,13-14H2,1-3H3. The number of benzene rings is 1. The summed E-state index contributed by atoms with van der Waals surface area (Å²) < 4.78 is 2.28. The van der Waals surface area contributed by atoms with Gasteiger partial charge in [-0.1, -0.05) is 30.3 Å². The van der Waals surface area contributed by atoms with Gasteiger partial charge in [0.05, 0.1) is 0 Å². The molecule has 2 rings (SSSR count). The van der Waals surface area contributed by atoms with Crippen LogP contribution in [0.3, 0.4) is 0 Å². The normalized spacial score (nSPS) is 12.8. The smallest absolute Gasteiger partial charge is 0.0466 e. The van der Waals surface area contributed by atoms with Gasteiger partial charge in [-0.15, -0.1) is 0 Å². The molecule has 1 atom stereocenters. The highest BCUT2D eigenvalue weighted by molar-refractivity contribution is 5.19. The van der Waals surface area contributed by atoms with Gasteiger partial charge >= 0.3 is 0 Å². The Hall–Kier alpha value is -1.58. The van der Waals surface area contributed by atoms with Crippen LogP contribution < -0.4 is 5.32 Å². The molecule has 0 radical (unpaired) electrons. The second-order valence-corrected chi connectivity index (χ2v) is 5.31. The van der Waals surface area contributed by atoms with Gasteiger partial charge in [-0.2, -0.15) is 0 Å². The summed E-state index contributed by atoms with van der Waals surface area (Å²) in [6, 6.07) is 15.4. The van der Waals surface area contributed by atoms with Gasteiger partial charge in [0, 0.05) is 37.6 Å². The molecule has 20 heavy (non-hydrogen) atoms. The predicted molar refractivity (Wildman–Crippen MR) is 84.7 cm³/mol. The lowest BCUT2D eigenvalue weighted by Crippen LogP contribution is -2.31. The van der Waals surface area contributed by atoms with Crippen molar-refractivity contribution in [2.75, 3.05) is 20.6 Å². The Morgan fingerprint density at radius 2 is 1.85 bits per heavy atom. The number of hydrogen-bond donors (Lipinski definition) is 1. The zero-order valence-corrected chi connectivity index (χ0v) is 12.7. The molecule has 0 saturated heterocycles.